The summed E-state index contributed by atoms with van der Waals surface area (Å²) < 4.78 is 20.9. The minimum absolute atomic E-state index is 0.355. The molecule has 178 valence electrons. The van der Waals surface area contributed by atoms with Crippen LogP contribution in [-0.4, -0.2) is 40.4 Å². The maximum atomic E-state index is 12.5. The monoisotopic (exact) mass is 454 g/mol. The number of carbonyl (C=O) groups is 2. The van der Waals surface area contributed by atoms with Gasteiger partial charge in [-0.1, -0.05) is 25.8 Å². The molecule has 0 spiro atoms. The first kappa shape index (κ1) is 26.0. The second-order valence-corrected chi connectivity index (χ2v) is 7.84. The van der Waals surface area contributed by atoms with E-state index >= 15 is 0 Å². The van der Waals surface area contributed by atoms with Crippen molar-refractivity contribution in [1.29, 1.82) is 0 Å². The lowest BCUT2D eigenvalue weighted by Crippen LogP contribution is -2.08. The summed E-state index contributed by atoms with van der Waals surface area (Å²) in [6.45, 7) is 5.95. The van der Waals surface area contributed by atoms with Crippen LogP contribution in [0.25, 0.3) is 5.57 Å². The van der Waals surface area contributed by atoms with E-state index in [1.807, 2.05) is 26.0 Å². The van der Waals surface area contributed by atoms with Crippen molar-refractivity contribution < 1.29 is 28.5 Å². The maximum Gasteiger partial charge on any atom is 0.341 e. The largest absolute Gasteiger partial charge is 0.496 e. The van der Waals surface area contributed by atoms with Crippen LogP contribution in [-0.2, 0) is 9.47 Å². The topological polar surface area (TPSA) is 71.1 Å². The van der Waals surface area contributed by atoms with E-state index in [4.69, 9.17) is 18.9 Å². The van der Waals surface area contributed by atoms with Gasteiger partial charge in [0.05, 0.1) is 28.4 Å². The smallest absolute Gasteiger partial charge is 0.341 e. The summed E-state index contributed by atoms with van der Waals surface area (Å²) in [6, 6.07) is 7.52. The number of hydrogen-bond donors (Lipinski definition) is 0. The third kappa shape index (κ3) is 5.95. The van der Waals surface area contributed by atoms with Gasteiger partial charge in [0, 0.05) is 0 Å². The van der Waals surface area contributed by atoms with Gasteiger partial charge < -0.3 is 18.9 Å². The van der Waals surface area contributed by atoms with Gasteiger partial charge >= 0.3 is 11.9 Å². The predicted octanol–water partition coefficient (Wildman–Crippen LogP) is 5.91. The molecule has 2 aromatic rings. The van der Waals surface area contributed by atoms with E-state index in [9.17, 15) is 9.59 Å². The number of hydrogen-bond acceptors (Lipinski definition) is 6. The molecule has 33 heavy (non-hydrogen) atoms. The molecule has 0 aliphatic carbocycles. The number of aryl methyl sites for hydroxylation is 2. The molecule has 0 fully saturated rings. The molecule has 0 aliphatic heterocycles. The zero-order valence-corrected chi connectivity index (χ0v) is 20.7. The first-order chi connectivity index (χ1) is 15.8. The van der Waals surface area contributed by atoms with Crippen molar-refractivity contribution in [1.82, 2.24) is 0 Å². The van der Waals surface area contributed by atoms with Crippen LogP contribution in [0, 0.1) is 13.8 Å². The molecule has 0 saturated heterocycles. The van der Waals surface area contributed by atoms with Gasteiger partial charge in [0.25, 0.3) is 0 Å². The Kier molecular flexibility index (Phi) is 9.52. The predicted molar refractivity (Wildman–Crippen MR) is 129 cm³/mol. The Morgan fingerprint density at radius 3 is 1.58 bits per heavy atom. The number of esters is 2. The molecule has 0 amide bonds. The number of carbonyl (C=O) groups excluding carboxylic acids is 2. The molecule has 0 N–H and O–H groups in total. The molecule has 0 radical (unpaired) electrons. The maximum absolute atomic E-state index is 12.5. The number of benzene rings is 2. The molecule has 0 atom stereocenters. The Bertz CT molecular complexity index is 960. The highest BCUT2D eigenvalue weighted by Gasteiger charge is 2.21. The van der Waals surface area contributed by atoms with Gasteiger partial charge in [0.1, 0.15) is 22.6 Å². The molecule has 0 aromatic heterocycles. The molecule has 0 saturated carbocycles. The van der Waals surface area contributed by atoms with Gasteiger partial charge in [-0.3, -0.25) is 0 Å². The molecular formula is C27H34O6. The molecule has 2 rings (SSSR count). The van der Waals surface area contributed by atoms with Crippen molar-refractivity contribution in [3.63, 3.8) is 0 Å². The number of allylic oxidation sites excluding steroid dienone is 1. The zero-order chi connectivity index (χ0) is 24.5. The molecule has 2 aromatic carbocycles. The zero-order valence-electron chi connectivity index (χ0n) is 20.7. The molecule has 6 heteroatoms. The second-order valence-electron chi connectivity index (χ2n) is 7.84. The Morgan fingerprint density at radius 1 is 0.758 bits per heavy atom. The minimum Gasteiger partial charge on any atom is -0.496 e. The minimum atomic E-state index is -0.469. The lowest BCUT2D eigenvalue weighted by molar-refractivity contribution is 0.0588. The molecular weight excluding hydrogens is 420 g/mol. The molecule has 0 aliphatic rings. The number of methoxy groups -OCH3 is 4. The fourth-order valence-electron chi connectivity index (χ4n) is 3.97. The van der Waals surface area contributed by atoms with Crippen LogP contribution in [0.15, 0.2) is 30.3 Å². The first-order valence-corrected chi connectivity index (χ1v) is 11.1. The quantitative estimate of drug-likeness (QED) is 0.328. The highest BCUT2D eigenvalue weighted by Crippen LogP contribution is 2.35. The summed E-state index contributed by atoms with van der Waals surface area (Å²) in [4.78, 5) is 25.0. The number of rotatable bonds is 10. The van der Waals surface area contributed by atoms with Crippen LogP contribution in [0.5, 0.6) is 11.5 Å². The van der Waals surface area contributed by atoms with E-state index in [1.165, 1.54) is 28.4 Å². The SMILES string of the molecule is CCCCCC=C(c1cc(C)c(OC)c(C(=O)OC)c1)c1cc(C)c(OC)c(C(=O)OC)c1. The summed E-state index contributed by atoms with van der Waals surface area (Å²) >= 11 is 0. The van der Waals surface area contributed by atoms with Crippen molar-refractivity contribution in [3.8, 4) is 11.5 Å². The highest BCUT2D eigenvalue weighted by atomic mass is 16.5. The Balaban J connectivity index is 2.76. The summed E-state index contributed by atoms with van der Waals surface area (Å²) in [7, 11) is 5.76. The van der Waals surface area contributed by atoms with Crippen molar-refractivity contribution >= 4 is 17.5 Å². The summed E-state index contributed by atoms with van der Waals surface area (Å²) in [5.41, 5.74) is 4.93. The van der Waals surface area contributed by atoms with Crippen LogP contribution in [0.4, 0.5) is 0 Å². The molecule has 0 heterocycles. The number of ether oxygens (including phenoxy) is 4. The Morgan fingerprint density at radius 2 is 1.21 bits per heavy atom. The molecule has 6 nitrogen and oxygen atoms in total. The third-order valence-corrected chi connectivity index (χ3v) is 5.55. The summed E-state index contributed by atoms with van der Waals surface area (Å²) in [5, 5.41) is 0. The van der Waals surface area contributed by atoms with E-state index in [-0.39, 0.29) is 0 Å². The van der Waals surface area contributed by atoms with Crippen LogP contribution in [0.3, 0.4) is 0 Å². The van der Waals surface area contributed by atoms with Gasteiger partial charge in [-0.2, -0.15) is 0 Å². The van der Waals surface area contributed by atoms with Gasteiger partial charge in [-0.25, -0.2) is 9.59 Å². The van der Waals surface area contributed by atoms with Crippen molar-refractivity contribution in [2.24, 2.45) is 0 Å². The van der Waals surface area contributed by atoms with Gasteiger partial charge in [-0.15, -0.1) is 0 Å². The van der Waals surface area contributed by atoms with E-state index in [1.54, 1.807) is 12.1 Å². The number of unbranched alkanes of at least 4 members (excludes halogenated alkanes) is 3. The molecule has 0 unspecified atom stereocenters. The standard InChI is InChI=1S/C27H34O6/c1-8-9-10-11-12-21(19-13-17(2)24(30-4)22(15-19)26(28)32-6)20-14-18(3)25(31-5)23(16-20)27(29)33-7/h12-16H,8-11H2,1-7H3. The van der Waals surface area contributed by atoms with E-state index < -0.39 is 11.9 Å². The van der Waals surface area contributed by atoms with Gasteiger partial charge in [0.15, 0.2) is 0 Å². The summed E-state index contributed by atoms with van der Waals surface area (Å²) in [6.07, 6.45) is 6.29. The first-order valence-electron chi connectivity index (χ1n) is 11.1. The lowest BCUT2D eigenvalue weighted by atomic mass is 9.90. The Labute approximate surface area is 196 Å². The normalized spacial score (nSPS) is 10.4. The fraction of sp³-hybridized carbons (Fsp3) is 0.407. The van der Waals surface area contributed by atoms with Crippen molar-refractivity contribution in [3.05, 3.63) is 63.7 Å². The van der Waals surface area contributed by atoms with Crippen LogP contribution in [0.1, 0.15) is 75.6 Å². The van der Waals surface area contributed by atoms with E-state index in [0.717, 1.165) is 53.5 Å². The van der Waals surface area contributed by atoms with E-state index in [0.29, 0.717) is 22.6 Å². The fourth-order valence-corrected chi connectivity index (χ4v) is 3.97. The second kappa shape index (κ2) is 12.1. The van der Waals surface area contributed by atoms with Crippen LogP contribution >= 0.6 is 0 Å². The third-order valence-electron chi connectivity index (χ3n) is 5.55. The summed E-state index contributed by atoms with van der Waals surface area (Å²) in [5.74, 6) is 0.0285. The van der Waals surface area contributed by atoms with E-state index in [2.05, 4.69) is 13.0 Å². The Hall–Kier alpha value is -3.28. The van der Waals surface area contributed by atoms with Gasteiger partial charge in [-0.05, 0) is 78.8 Å². The highest BCUT2D eigenvalue weighted by molar-refractivity contribution is 5.97. The van der Waals surface area contributed by atoms with Crippen LogP contribution < -0.4 is 9.47 Å². The van der Waals surface area contributed by atoms with Crippen LogP contribution in [0.2, 0.25) is 0 Å². The molecule has 0 bridgehead atoms. The average molecular weight is 455 g/mol. The van der Waals surface area contributed by atoms with Crippen molar-refractivity contribution in [2.45, 2.75) is 46.5 Å². The lowest BCUT2D eigenvalue weighted by Gasteiger charge is -2.18. The van der Waals surface area contributed by atoms with Gasteiger partial charge in [0.2, 0.25) is 0 Å². The van der Waals surface area contributed by atoms with Crippen molar-refractivity contribution in [2.75, 3.05) is 28.4 Å². The average Bonchev–Trinajstić information content (AvgIpc) is 2.81.